The maximum atomic E-state index is 5.73. The van der Waals surface area contributed by atoms with Crippen LogP contribution in [0.2, 0.25) is 0 Å². The van der Waals surface area contributed by atoms with Crippen LogP contribution in [0.4, 0.5) is 0 Å². The molecule has 0 saturated heterocycles. The molecule has 0 aliphatic heterocycles. The third-order valence-corrected chi connectivity index (χ3v) is 3.55. The van der Waals surface area contributed by atoms with Gasteiger partial charge in [0.15, 0.2) is 0 Å². The van der Waals surface area contributed by atoms with E-state index >= 15 is 0 Å². The van der Waals surface area contributed by atoms with Gasteiger partial charge in [-0.25, -0.2) is 0 Å². The highest BCUT2D eigenvalue weighted by Gasteiger charge is 2.15. The van der Waals surface area contributed by atoms with E-state index in [2.05, 4.69) is 0 Å². The summed E-state index contributed by atoms with van der Waals surface area (Å²) in [4.78, 5) is 0. The highest BCUT2D eigenvalue weighted by Crippen LogP contribution is 2.41. The molecule has 21 heavy (non-hydrogen) atoms. The highest BCUT2D eigenvalue weighted by atomic mass is 31.2. The van der Waals surface area contributed by atoms with Crippen molar-refractivity contribution in [3.8, 4) is 11.5 Å². The summed E-state index contributed by atoms with van der Waals surface area (Å²) in [7, 11) is -1.42. The highest BCUT2D eigenvalue weighted by molar-refractivity contribution is 7.42. The van der Waals surface area contributed by atoms with Crippen molar-refractivity contribution in [1.29, 1.82) is 0 Å². The number of hydrogen-bond donors (Lipinski definition) is 0. The zero-order valence-corrected chi connectivity index (χ0v) is 14.0. The van der Waals surface area contributed by atoms with E-state index in [1.165, 1.54) is 5.56 Å². The van der Waals surface area contributed by atoms with Crippen molar-refractivity contribution in [3.63, 3.8) is 0 Å². The van der Waals surface area contributed by atoms with E-state index in [4.69, 9.17) is 13.6 Å². The molecule has 0 fully saturated rings. The van der Waals surface area contributed by atoms with Gasteiger partial charge in [-0.1, -0.05) is 49.7 Å². The van der Waals surface area contributed by atoms with E-state index in [-0.39, 0.29) is 0 Å². The van der Waals surface area contributed by atoms with Crippen LogP contribution in [-0.2, 0) is 4.52 Å². The van der Waals surface area contributed by atoms with Crippen molar-refractivity contribution in [1.82, 2.24) is 0 Å². The molecule has 2 aromatic rings. The molecule has 0 heterocycles. The largest absolute Gasteiger partial charge is 0.463 e. The first-order valence-corrected chi connectivity index (χ1v) is 8.28. The molecule has 1 unspecified atom stereocenters. The predicted molar refractivity (Wildman–Crippen MR) is 88.8 cm³/mol. The fourth-order valence-electron chi connectivity index (χ4n) is 1.43. The van der Waals surface area contributed by atoms with E-state index in [9.17, 15) is 0 Å². The molecular weight excluding hydrogens is 283 g/mol. The van der Waals surface area contributed by atoms with E-state index in [0.717, 1.165) is 11.5 Å². The average Bonchev–Trinajstić information content (AvgIpc) is 2.53. The lowest BCUT2D eigenvalue weighted by Crippen LogP contribution is -1.99. The van der Waals surface area contributed by atoms with E-state index in [1.807, 2.05) is 82.3 Å². The molecule has 2 rings (SSSR count). The van der Waals surface area contributed by atoms with Gasteiger partial charge in [-0.05, 0) is 38.1 Å². The molecule has 0 saturated carbocycles. The van der Waals surface area contributed by atoms with Crippen LogP contribution in [0.3, 0.4) is 0 Å². The van der Waals surface area contributed by atoms with Gasteiger partial charge in [-0.15, -0.1) is 0 Å². The van der Waals surface area contributed by atoms with Gasteiger partial charge >= 0.3 is 8.60 Å². The van der Waals surface area contributed by atoms with Gasteiger partial charge in [0.2, 0.25) is 0 Å². The lowest BCUT2D eigenvalue weighted by atomic mass is 10.2. The SMILES string of the molecule is CC.CCOP(Oc1ccccc1)Oc1ccc(C)cc1. The molecule has 1 atom stereocenters. The maximum absolute atomic E-state index is 5.73. The first-order chi connectivity index (χ1) is 10.3. The molecular formula is C17H23O3P. The zero-order chi connectivity index (χ0) is 15.5. The Morgan fingerprint density at radius 2 is 1.33 bits per heavy atom. The fourth-order valence-corrected chi connectivity index (χ4v) is 2.37. The van der Waals surface area contributed by atoms with Crippen molar-refractivity contribution in [2.24, 2.45) is 0 Å². The van der Waals surface area contributed by atoms with Crippen LogP contribution in [0, 0.1) is 6.92 Å². The normalized spacial score (nSPS) is 11.0. The molecule has 0 amide bonds. The van der Waals surface area contributed by atoms with Gasteiger partial charge in [-0.3, -0.25) is 4.52 Å². The van der Waals surface area contributed by atoms with Crippen LogP contribution >= 0.6 is 8.60 Å². The van der Waals surface area contributed by atoms with E-state index < -0.39 is 8.60 Å². The average molecular weight is 306 g/mol. The third-order valence-electron chi connectivity index (χ3n) is 2.36. The molecule has 0 spiro atoms. The Bertz CT molecular complexity index is 485. The van der Waals surface area contributed by atoms with Crippen LogP contribution in [0.15, 0.2) is 54.6 Å². The lowest BCUT2D eigenvalue weighted by molar-refractivity contribution is 0.280. The van der Waals surface area contributed by atoms with Gasteiger partial charge < -0.3 is 9.05 Å². The second kappa shape index (κ2) is 10.2. The number of benzene rings is 2. The Labute approximate surface area is 128 Å². The summed E-state index contributed by atoms with van der Waals surface area (Å²) in [5.41, 5.74) is 1.19. The first kappa shape index (κ1) is 17.5. The van der Waals surface area contributed by atoms with Gasteiger partial charge in [0, 0.05) is 0 Å². The first-order valence-electron chi connectivity index (χ1n) is 7.18. The number of para-hydroxylation sites is 1. The summed E-state index contributed by atoms with van der Waals surface area (Å²) in [5.74, 6) is 1.50. The summed E-state index contributed by atoms with van der Waals surface area (Å²) in [6, 6.07) is 17.4. The minimum atomic E-state index is -1.42. The van der Waals surface area contributed by atoms with Crippen LogP contribution in [0.5, 0.6) is 11.5 Å². The monoisotopic (exact) mass is 306 g/mol. The number of rotatable bonds is 6. The standard InChI is InChI=1S/C15H17O3P.C2H6/c1-3-16-19(17-14-7-5-4-6-8-14)18-15-11-9-13(2)10-12-15;1-2/h4-12H,3H2,1-2H3;1-2H3. The Kier molecular flexibility index (Phi) is 8.49. The van der Waals surface area contributed by atoms with Crippen molar-refractivity contribution in [3.05, 3.63) is 60.2 Å². The summed E-state index contributed by atoms with van der Waals surface area (Å²) in [5, 5.41) is 0. The molecule has 4 heteroatoms. The molecule has 0 aliphatic carbocycles. The summed E-state index contributed by atoms with van der Waals surface area (Å²) in [6.45, 7) is 8.50. The summed E-state index contributed by atoms with van der Waals surface area (Å²) in [6.07, 6.45) is 0. The maximum Gasteiger partial charge on any atom is 0.463 e. The summed E-state index contributed by atoms with van der Waals surface area (Å²) >= 11 is 0. The molecule has 0 N–H and O–H groups in total. The molecule has 0 aliphatic rings. The third kappa shape index (κ3) is 6.61. The van der Waals surface area contributed by atoms with Gasteiger partial charge in [0.1, 0.15) is 11.5 Å². The van der Waals surface area contributed by atoms with Crippen molar-refractivity contribution in [2.75, 3.05) is 6.61 Å². The Morgan fingerprint density at radius 1 is 0.810 bits per heavy atom. The zero-order valence-electron chi connectivity index (χ0n) is 13.1. The van der Waals surface area contributed by atoms with Crippen molar-refractivity contribution in [2.45, 2.75) is 27.7 Å². The van der Waals surface area contributed by atoms with Gasteiger partial charge in [-0.2, -0.15) is 0 Å². The van der Waals surface area contributed by atoms with E-state index in [1.54, 1.807) is 0 Å². The van der Waals surface area contributed by atoms with Gasteiger partial charge in [0.05, 0.1) is 6.61 Å². The second-order valence-corrected chi connectivity index (χ2v) is 5.02. The van der Waals surface area contributed by atoms with E-state index in [0.29, 0.717) is 6.61 Å². The number of hydrogen-bond acceptors (Lipinski definition) is 3. The summed E-state index contributed by atoms with van der Waals surface area (Å²) < 4.78 is 16.9. The minimum Gasteiger partial charge on any atom is -0.418 e. The molecule has 0 radical (unpaired) electrons. The molecule has 0 bridgehead atoms. The predicted octanol–water partition coefficient (Wildman–Crippen LogP) is 5.74. The van der Waals surface area contributed by atoms with Crippen LogP contribution < -0.4 is 9.05 Å². The van der Waals surface area contributed by atoms with Gasteiger partial charge in [0.25, 0.3) is 0 Å². The van der Waals surface area contributed by atoms with Crippen molar-refractivity contribution >= 4 is 8.60 Å². The Hall–Kier alpha value is -1.57. The smallest absolute Gasteiger partial charge is 0.418 e. The lowest BCUT2D eigenvalue weighted by Gasteiger charge is -2.16. The second-order valence-electron chi connectivity index (χ2n) is 3.95. The minimum absolute atomic E-state index is 0.546. The van der Waals surface area contributed by atoms with Crippen LogP contribution in [-0.4, -0.2) is 6.61 Å². The Morgan fingerprint density at radius 3 is 1.86 bits per heavy atom. The quantitative estimate of drug-likeness (QED) is 0.637. The molecule has 2 aromatic carbocycles. The molecule has 114 valence electrons. The number of aryl methyl sites for hydroxylation is 1. The fraction of sp³-hybridized carbons (Fsp3) is 0.294. The van der Waals surface area contributed by atoms with Crippen LogP contribution in [0.1, 0.15) is 26.3 Å². The topological polar surface area (TPSA) is 27.7 Å². The molecule has 0 aromatic heterocycles. The Balaban J connectivity index is 0.00000106. The molecule has 3 nitrogen and oxygen atoms in total. The van der Waals surface area contributed by atoms with Crippen LogP contribution in [0.25, 0.3) is 0 Å². The van der Waals surface area contributed by atoms with Crippen molar-refractivity contribution < 1.29 is 13.6 Å².